The maximum absolute atomic E-state index is 8.75. The Balaban J connectivity index is 2.16. The van der Waals surface area contributed by atoms with E-state index in [1.165, 1.54) is 0 Å². The Labute approximate surface area is 111 Å². The van der Waals surface area contributed by atoms with Crippen LogP contribution in [-0.4, -0.2) is 34.8 Å². The zero-order chi connectivity index (χ0) is 13.0. The highest BCUT2D eigenvalue weighted by Gasteiger charge is 2.22. The number of aliphatic hydroxyl groups is 1. The second-order valence-corrected chi connectivity index (χ2v) is 4.50. The van der Waals surface area contributed by atoms with E-state index in [4.69, 9.17) is 27.2 Å². The van der Waals surface area contributed by atoms with E-state index >= 15 is 0 Å². The normalized spacial score (nSPS) is 19.1. The molecule has 1 saturated heterocycles. The number of nitrogen functional groups attached to an aromatic ring is 1. The van der Waals surface area contributed by atoms with Crippen molar-refractivity contribution in [1.82, 2.24) is 9.97 Å². The minimum Gasteiger partial charge on any atom is -0.396 e. The van der Waals surface area contributed by atoms with Gasteiger partial charge in [-0.05, 0) is 19.3 Å². The lowest BCUT2D eigenvalue weighted by Gasteiger charge is -2.13. The molecule has 1 atom stereocenters. The summed E-state index contributed by atoms with van der Waals surface area (Å²) in [4.78, 5) is 8.51. The quantitative estimate of drug-likeness (QED) is 0.554. The van der Waals surface area contributed by atoms with Crippen molar-refractivity contribution in [3.05, 3.63) is 11.0 Å². The van der Waals surface area contributed by atoms with E-state index in [-0.39, 0.29) is 17.9 Å². The summed E-state index contributed by atoms with van der Waals surface area (Å²) in [6, 6.07) is 0. The highest BCUT2D eigenvalue weighted by atomic mass is 35.5. The van der Waals surface area contributed by atoms with Crippen molar-refractivity contribution < 1.29 is 9.84 Å². The van der Waals surface area contributed by atoms with Gasteiger partial charge in [-0.2, -0.15) is 0 Å². The first-order valence-electron chi connectivity index (χ1n) is 6.01. The molecule has 0 radical (unpaired) electrons. The van der Waals surface area contributed by atoms with Crippen molar-refractivity contribution in [2.45, 2.75) is 25.4 Å². The molecule has 1 aromatic heterocycles. The molecule has 0 spiro atoms. The maximum atomic E-state index is 8.75. The Kier molecular flexibility index (Phi) is 4.57. The summed E-state index contributed by atoms with van der Waals surface area (Å²) in [5.41, 5.74) is 6.14. The Morgan fingerprint density at radius 3 is 3.00 bits per heavy atom. The highest BCUT2D eigenvalue weighted by Crippen LogP contribution is 2.31. The number of rotatable bonds is 5. The number of aromatic nitrogens is 2. The molecule has 4 N–H and O–H groups in total. The molecule has 1 aliphatic rings. The monoisotopic (exact) mass is 272 g/mol. The molecule has 2 rings (SSSR count). The van der Waals surface area contributed by atoms with Gasteiger partial charge in [0, 0.05) is 19.8 Å². The van der Waals surface area contributed by atoms with Gasteiger partial charge in [0.05, 0.1) is 0 Å². The molecule has 1 unspecified atom stereocenters. The van der Waals surface area contributed by atoms with E-state index in [0.717, 1.165) is 19.4 Å². The molecular weight excluding hydrogens is 256 g/mol. The van der Waals surface area contributed by atoms with Crippen molar-refractivity contribution in [2.24, 2.45) is 0 Å². The van der Waals surface area contributed by atoms with E-state index in [0.29, 0.717) is 30.3 Å². The molecule has 100 valence electrons. The van der Waals surface area contributed by atoms with E-state index in [9.17, 15) is 0 Å². The predicted molar refractivity (Wildman–Crippen MR) is 69.6 cm³/mol. The molecule has 1 aromatic rings. The molecule has 1 fully saturated rings. The Morgan fingerprint density at radius 2 is 2.33 bits per heavy atom. The molecule has 2 heterocycles. The smallest absolute Gasteiger partial charge is 0.161 e. The summed E-state index contributed by atoms with van der Waals surface area (Å²) in [5, 5.41) is 12.0. The largest absolute Gasteiger partial charge is 0.396 e. The van der Waals surface area contributed by atoms with Crippen LogP contribution >= 0.6 is 11.6 Å². The van der Waals surface area contributed by atoms with Crippen LogP contribution in [0.15, 0.2) is 0 Å². The molecule has 1 aliphatic heterocycles. The van der Waals surface area contributed by atoms with Crippen LogP contribution in [0.4, 0.5) is 11.5 Å². The summed E-state index contributed by atoms with van der Waals surface area (Å²) in [7, 11) is 0. The first-order valence-corrected chi connectivity index (χ1v) is 6.39. The van der Waals surface area contributed by atoms with Gasteiger partial charge in [-0.15, -0.1) is 0 Å². The van der Waals surface area contributed by atoms with Crippen LogP contribution in [0.1, 0.15) is 31.2 Å². The van der Waals surface area contributed by atoms with E-state index in [1.54, 1.807) is 0 Å². The average Bonchev–Trinajstić information content (AvgIpc) is 2.88. The van der Waals surface area contributed by atoms with Gasteiger partial charge in [-0.1, -0.05) is 11.6 Å². The van der Waals surface area contributed by atoms with E-state index in [1.807, 2.05) is 0 Å². The summed E-state index contributed by atoms with van der Waals surface area (Å²) in [6.45, 7) is 1.42. The average molecular weight is 273 g/mol. The zero-order valence-corrected chi connectivity index (χ0v) is 10.8. The van der Waals surface area contributed by atoms with Crippen LogP contribution in [-0.2, 0) is 4.74 Å². The number of aliphatic hydroxyl groups excluding tert-OH is 1. The second kappa shape index (κ2) is 6.17. The van der Waals surface area contributed by atoms with E-state index < -0.39 is 0 Å². The fourth-order valence-electron chi connectivity index (χ4n) is 1.80. The van der Waals surface area contributed by atoms with Crippen LogP contribution < -0.4 is 11.1 Å². The zero-order valence-electron chi connectivity index (χ0n) is 10.0. The van der Waals surface area contributed by atoms with Gasteiger partial charge < -0.3 is 20.9 Å². The molecular formula is C11H17ClN4O2. The van der Waals surface area contributed by atoms with Gasteiger partial charge in [0.2, 0.25) is 0 Å². The summed E-state index contributed by atoms with van der Waals surface area (Å²) in [6.07, 6.45) is 2.43. The van der Waals surface area contributed by atoms with Crippen molar-refractivity contribution in [1.29, 1.82) is 0 Å². The Bertz CT molecular complexity index is 410. The standard InChI is InChI=1S/C11H17ClN4O2/c12-9-8(13)11(14-4-2-5-17)16-10(15-9)7-3-1-6-18-7/h7,17H,1-6,13H2,(H,14,15,16). The number of ether oxygens (including phenoxy) is 1. The van der Waals surface area contributed by atoms with Crippen LogP contribution in [0.25, 0.3) is 0 Å². The van der Waals surface area contributed by atoms with Crippen LogP contribution in [0, 0.1) is 0 Å². The van der Waals surface area contributed by atoms with Gasteiger partial charge in [0.15, 0.2) is 16.8 Å². The van der Waals surface area contributed by atoms with Crippen molar-refractivity contribution >= 4 is 23.1 Å². The number of halogens is 1. The topological polar surface area (TPSA) is 93.3 Å². The molecule has 0 aromatic carbocycles. The number of nitrogens with one attached hydrogen (secondary N) is 1. The highest BCUT2D eigenvalue weighted by molar-refractivity contribution is 6.32. The van der Waals surface area contributed by atoms with Crippen molar-refractivity contribution in [3.8, 4) is 0 Å². The molecule has 0 aliphatic carbocycles. The predicted octanol–water partition coefficient (Wildman–Crippen LogP) is 1.36. The number of nitrogens with two attached hydrogens (primary N) is 1. The first-order chi connectivity index (χ1) is 8.72. The number of hydrogen-bond acceptors (Lipinski definition) is 6. The third kappa shape index (κ3) is 3.01. The molecule has 0 saturated carbocycles. The summed E-state index contributed by atoms with van der Waals surface area (Å²) < 4.78 is 5.52. The molecule has 0 amide bonds. The first kappa shape index (κ1) is 13.3. The fourth-order valence-corrected chi connectivity index (χ4v) is 1.98. The van der Waals surface area contributed by atoms with E-state index in [2.05, 4.69) is 15.3 Å². The third-order valence-electron chi connectivity index (χ3n) is 2.76. The second-order valence-electron chi connectivity index (χ2n) is 4.14. The molecule has 6 nitrogen and oxygen atoms in total. The van der Waals surface area contributed by atoms with Crippen molar-refractivity contribution in [2.75, 3.05) is 30.8 Å². The van der Waals surface area contributed by atoms with Gasteiger partial charge in [-0.3, -0.25) is 0 Å². The lowest BCUT2D eigenvalue weighted by molar-refractivity contribution is 0.105. The van der Waals surface area contributed by atoms with Crippen LogP contribution in [0.5, 0.6) is 0 Å². The number of nitrogens with zero attached hydrogens (tertiary/aromatic N) is 2. The van der Waals surface area contributed by atoms with Gasteiger partial charge in [-0.25, -0.2) is 9.97 Å². The fraction of sp³-hybridized carbons (Fsp3) is 0.636. The molecule has 7 heteroatoms. The number of anilines is 2. The molecule has 18 heavy (non-hydrogen) atoms. The van der Waals surface area contributed by atoms with Gasteiger partial charge in [0.25, 0.3) is 0 Å². The third-order valence-corrected chi connectivity index (χ3v) is 3.05. The van der Waals surface area contributed by atoms with Gasteiger partial charge in [0.1, 0.15) is 11.8 Å². The van der Waals surface area contributed by atoms with Crippen LogP contribution in [0.3, 0.4) is 0 Å². The van der Waals surface area contributed by atoms with Crippen LogP contribution in [0.2, 0.25) is 5.15 Å². The lowest BCUT2D eigenvalue weighted by atomic mass is 10.2. The Hall–Kier alpha value is -1.11. The van der Waals surface area contributed by atoms with Crippen molar-refractivity contribution in [3.63, 3.8) is 0 Å². The number of hydrogen-bond donors (Lipinski definition) is 3. The maximum Gasteiger partial charge on any atom is 0.161 e. The Morgan fingerprint density at radius 1 is 1.50 bits per heavy atom. The minimum absolute atomic E-state index is 0.0958. The molecule has 0 bridgehead atoms. The van der Waals surface area contributed by atoms with Gasteiger partial charge >= 0.3 is 0 Å². The summed E-state index contributed by atoms with van der Waals surface area (Å²) in [5.74, 6) is 1.08. The minimum atomic E-state index is -0.0958. The lowest BCUT2D eigenvalue weighted by Crippen LogP contribution is -2.12. The summed E-state index contributed by atoms with van der Waals surface area (Å²) >= 11 is 5.99. The SMILES string of the molecule is Nc1c(Cl)nc(C2CCCO2)nc1NCCCO.